The van der Waals surface area contributed by atoms with Crippen molar-refractivity contribution < 1.29 is 9.59 Å². The van der Waals surface area contributed by atoms with Gasteiger partial charge in [-0.1, -0.05) is 12.1 Å². The summed E-state index contributed by atoms with van der Waals surface area (Å²) < 4.78 is 0. The number of hydrogen-bond donors (Lipinski definition) is 0. The van der Waals surface area contributed by atoms with E-state index in [1.807, 2.05) is 28.0 Å². The van der Waals surface area contributed by atoms with Crippen LogP contribution in [0.5, 0.6) is 0 Å². The molecule has 1 saturated heterocycles. The molecular weight excluding hydrogens is 310 g/mol. The largest absolute Gasteiger partial charge is 0.340 e. The molecule has 0 N–H and O–H groups in total. The summed E-state index contributed by atoms with van der Waals surface area (Å²) in [5, 5.41) is 0. The third-order valence-electron chi connectivity index (χ3n) is 4.44. The Morgan fingerprint density at radius 1 is 1.00 bits per heavy atom. The molecule has 1 fully saturated rings. The van der Waals surface area contributed by atoms with Crippen molar-refractivity contribution in [1.82, 2.24) is 9.80 Å². The molecule has 1 aromatic carbocycles. The molecule has 0 aliphatic carbocycles. The van der Waals surface area contributed by atoms with Gasteiger partial charge in [-0.15, -0.1) is 11.8 Å². The lowest BCUT2D eigenvalue weighted by molar-refractivity contribution is -0.134. The lowest BCUT2D eigenvalue weighted by atomic mass is 10.2. The minimum atomic E-state index is 0.0558. The van der Waals surface area contributed by atoms with E-state index in [1.165, 1.54) is 0 Å². The second kappa shape index (κ2) is 7.36. The molecule has 2 heterocycles. The lowest BCUT2D eigenvalue weighted by Crippen LogP contribution is -2.47. The predicted molar refractivity (Wildman–Crippen MR) is 92.8 cm³/mol. The average molecular weight is 333 g/mol. The molecule has 23 heavy (non-hydrogen) atoms. The van der Waals surface area contributed by atoms with Crippen LogP contribution in [0.1, 0.15) is 12.8 Å². The molecule has 3 rings (SSSR count). The van der Waals surface area contributed by atoms with Gasteiger partial charge in [0.05, 0.1) is 5.69 Å². The number of carbonyl (C=O) groups is 2. The van der Waals surface area contributed by atoms with Crippen LogP contribution in [0.4, 0.5) is 5.69 Å². The van der Waals surface area contributed by atoms with Crippen LogP contribution in [0.3, 0.4) is 0 Å². The van der Waals surface area contributed by atoms with Crippen LogP contribution >= 0.6 is 11.8 Å². The molecule has 124 valence electrons. The van der Waals surface area contributed by atoms with Gasteiger partial charge in [0.25, 0.3) is 0 Å². The number of carbonyl (C=O) groups excluding carboxylic acids is 2. The number of thioether (sulfide) groups is 1. The second-order valence-electron chi connectivity index (χ2n) is 6.05. The van der Waals surface area contributed by atoms with Crippen LogP contribution in [0.15, 0.2) is 29.2 Å². The number of hydrogen-bond acceptors (Lipinski definition) is 4. The van der Waals surface area contributed by atoms with E-state index in [0.717, 1.165) is 49.1 Å². The molecule has 6 heteroatoms. The highest BCUT2D eigenvalue weighted by molar-refractivity contribution is 7.99. The van der Waals surface area contributed by atoms with Gasteiger partial charge >= 0.3 is 0 Å². The van der Waals surface area contributed by atoms with Crippen molar-refractivity contribution >= 4 is 29.3 Å². The summed E-state index contributed by atoms with van der Waals surface area (Å²) in [6.45, 7) is 4.09. The maximum absolute atomic E-state index is 12.5. The summed E-state index contributed by atoms with van der Waals surface area (Å²) in [5.74, 6) is 1.07. The van der Waals surface area contributed by atoms with E-state index in [0.29, 0.717) is 12.8 Å². The quantitative estimate of drug-likeness (QED) is 0.844. The fourth-order valence-corrected chi connectivity index (χ4v) is 3.99. The number of nitrogens with zero attached hydrogens (tertiary/aromatic N) is 3. The number of likely N-dealkylation sites (N-methyl/N-ethyl adjacent to an activating group) is 1. The first kappa shape index (κ1) is 16.3. The van der Waals surface area contributed by atoms with Gasteiger partial charge in [0.15, 0.2) is 0 Å². The molecule has 0 saturated carbocycles. The molecule has 0 aromatic heterocycles. The zero-order valence-corrected chi connectivity index (χ0v) is 14.3. The third-order valence-corrected chi connectivity index (χ3v) is 5.48. The van der Waals surface area contributed by atoms with E-state index in [-0.39, 0.29) is 11.8 Å². The number of anilines is 1. The normalized spacial score (nSPS) is 18.7. The Balaban J connectivity index is 1.55. The summed E-state index contributed by atoms with van der Waals surface area (Å²) in [5.41, 5.74) is 0.987. The minimum absolute atomic E-state index is 0.0558. The van der Waals surface area contributed by atoms with Crippen molar-refractivity contribution in [1.29, 1.82) is 0 Å². The van der Waals surface area contributed by atoms with E-state index in [9.17, 15) is 9.59 Å². The average Bonchev–Trinajstić information content (AvgIpc) is 2.59. The van der Waals surface area contributed by atoms with Crippen LogP contribution in [-0.4, -0.2) is 67.1 Å². The molecule has 0 atom stereocenters. The van der Waals surface area contributed by atoms with Crippen LogP contribution in [0.25, 0.3) is 0 Å². The molecule has 0 radical (unpaired) electrons. The summed E-state index contributed by atoms with van der Waals surface area (Å²) in [6, 6.07) is 7.99. The maximum Gasteiger partial charge on any atom is 0.227 e. The Hall–Kier alpha value is -1.53. The lowest BCUT2D eigenvalue weighted by Gasteiger charge is -2.33. The smallest absolute Gasteiger partial charge is 0.227 e. The van der Waals surface area contributed by atoms with Gasteiger partial charge < -0.3 is 14.7 Å². The second-order valence-corrected chi connectivity index (χ2v) is 7.18. The van der Waals surface area contributed by atoms with Crippen LogP contribution in [0, 0.1) is 0 Å². The standard InChI is InChI=1S/C17H23N3O2S/c1-18-8-10-19(11-9-18)16(21)6-7-17(22)20-12-13-23-15-5-3-2-4-14(15)20/h2-5H,6-13H2,1H3. The first-order valence-electron chi connectivity index (χ1n) is 8.13. The van der Waals surface area contributed by atoms with Gasteiger partial charge in [-0.05, 0) is 19.2 Å². The Morgan fingerprint density at radius 2 is 1.70 bits per heavy atom. The Bertz CT molecular complexity index is 585. The molecule has 2 amide bonds. The molecule has 0 unspecified atom stereocenters. The van der Waals surface area contributed by atoms with Gasteiger partial charge in [0.1, 0.15) is 0 Å². The fraction of sp³-hybridized carbons (Fsp3) is 0.529. The molecule has 0 bridgehead atoms. The van der Waals surface area contributed by atoms with E-state index >= 15 is 0 Å². The van der Waals surface area contributed by atoms with Gasteiger partial charge in [-0.3, -0.25) is 9.59 Å². The van der Waals surface area contributed by atoms with E-state index in [1.54, 1.807) is 11.8 Å². The van der Waals surface area contributed by atoms with E-state index in [4.69, 9.17) is 0 Å². The summed E-state index contributed by atoms with van der Waals surface area (Å²) in [7, 11) is 2.07. The van der Waals surface area contributed by atoms with E-state index < -0.39 is 0 Å². The minimum Gasteiger partial charge on any atom is -0.340 e. The highest BCUT2D eigenvalue weighted by atomic mass is 32.2. The van der Waals surface area contributed by atoms with Gasteiger partial charge in [0, 0.05) is 56.2 Å². The molecule has 0 spiro atoms. The highest BCUT2D eigenvalue weighted by Crippen LogP contribution is 2.34. The highest BCUT2D eigenvalue weighted by Gasteiger charge is 2.24. The zero-order chi connectivity index (χ0) is 16.2. The first-order valence-corrected chi connectivity index (χ1v) is 9.12. The van der Waals surface area contributed by atoms with Crippen LogP contribution in [0.2, 0.25) is 0 Å². The van der Waals surface area contributed by atoms with Crippen molar-refractivity contribution in [2.45, 2.75) is 17.7 Å². The van der Waals surface area contributed by atoms with Crippen molar-refractivity contribution in [3.05, 3.63) is 24.3 Å². The molecule has 1 aromatic rings. The molecule has 2 aliphatic rings. The fourth-order valence-electron chi connectivity index (χ4n) is 2.99. The summed E-state index contributed by atoms with van der Waals surface area (Å²) in [6.07, 6.45) is 0.610. The van der Waals surface area contributed by atoms with Crippen LogP contribution in [-0.2, 0) is 9.59 Å². The van der Waals surface area contributed by atoms with Crippen LogP contribution < -0.4 is 4.90 Å². The molecular formula is C17H23N3O2S. The number of para-hydroxylation sites is 1. The Kier molecular flexibility index (Phi) is 5.23. The SMILES string of the molecule is CN1CCN(C(=O)CCC(=O)N2CCSc3ccccc32)CC1. The number of benzene rings is 1. The van der Waals surface area contributed by atoms with Crippen molar-refractivity contribution in [2.24, 2.45) is 0 Å². The third kappa shape index (κ3) is 3.87. The van der Waals surface area contributed by atoms with Gasteiger partial charge in [-0.2, -0.15) is 0 Å². The predicted octanol–water partition coefficient (Wildman–Crippen LogP) is 1.68. The summed E-state index contributed by atoms with van der Waals surface area (Å²) in [4.78, 5) is 31.9. The zero-order valence-electron chi connectivity index (χ0n) is 13.5. The number of rotatable bonds is 3. The number of fused-ring (bicyclic) bond motifs is 1. The molecule has 5 nitrogen and oxygen atoms in total. The number of amides is 2. The number of piperazine rings is 1. The topological polar surface area (TPSA) is 43.9 Å². The van der Waals surface area contributed by atoms with Crippen molar-refractivity contribution in [3.63, 3.8) is 0 Å². The Morgan fingerprint density at radius 3 is 2.48 bits per heavy atom. The van der Waals surface area contributed by atoms with Gasteiger partial charge in [-0.25, -0.2) is 0 Å². The van der Waals surface area contributed by atoms with Crippen molar-refractivity contribution in [2.75, 3.05) is 50.4 Å². The molecule has 2 aliphatic heterocycles. The monoisotopic (exact) mass is 333 g/mol. The maximum atomic E-state index is 12.5. The first-order chi connectivity index (χ1) is 11.1. The van der Waals surface area contributed by atoms with Gasteiger partial charge in [0.2, 0.25) is 11.8 Å². The van der Waals surface area contributed by atoms with Crippen molar-refractivity contribution in [3.8, 4) is 0 Å². The van der Waals surface area contributed by atoms with E-state index in [2.05, 4.69) is 18.0 Å². The summed E-state index contributed by atoms with van der Waals surface area (Å²) >= 11 is 1.78. The Labute approximate surface area is 141 Å².